The van der Waals surface area contributed by atoms with E-state index in [1.807, 2.05) is 5.32 Å². The third kappa shape index (κ3) is 7.52. The molecule has 2 atom stereocenters. The molecule has 0 bridgehead atoms. The summed E-state index contributed by atoms with van der Waals surface area (Å²) >= 11 is 0. The SMILES string of the molecule is CNC(=O)NC(C)(C(F)F)C(NC(=O)c1ccc(C#CC#Cc2ccc(C(N)=O)cc2)cc1)C(=O)NO. The van der Waals surface area contributed by atoms with Crippen molar-refractivity contribution in [1.29, 1.82) is 0 Å². The molecule has 12 heteroatoms. The molecule has 0 aliphatic rings. The molecule has 0 aromatic heterocycles. The molecule has 0 aliphatic carbocycles. The topological polar surface area (TPSA) is 163 Å². The summed E-state index contributed by atoms with van der Waals surface area (Å²) in [4.78, 5) is 47.5. The fourth-order valence-corrected chi connectivity index (χ4v) is 2.96. The van der Waals surface area contributed by atoms with Crippen LogP contribution in [-0.2, 0) is 4.79 Å². The minimum absolute atomic E-state index is 0.00141. The van der Waals surface area contributed by atoms with Gasteiger partial charge in [-0.05, 0) is 67.3 Å². The van der Waals surface area contributed by atoms with E-state index in [1.54, 1.807) is 12.1 Å². The predicted molar refractivity (Wildman–Crippen MR) is 128 cm³/mol. The first kappa shape index (κ1) is 28.3. The fourth-order valence-electron chi connectivity index (χ4n) is 2.96. The van der Waals surface area contributed by atoms with E-state index < -0.39 is 41.8 Å². The molecule has 2 unspecified atom stereocenters. The van der Waals surface area contributed by atoms with E-state index in [4.69, 9.17) is 10.9 Å². The number of rotatable bonds is 7. The van der Waals surface area contributed by atoms with Gasteiger partial charge in [0, 0.05) is 29.3 Å². The Balaban J connectivity index is 2.16. The normalized spacial score (nSPS) is 12.4. The Morgan fingerprint density at radius 3 is 1.81 bits per heavy atom. The Morgan fingerprint density at radius 2 is 1.41 bits per heavy atom. The summed E-state index contributed by atoms with van der Waals surface area (Å²) in [6.07, 6.45) is -3.30. The van der Waals surface area contributed by atoms with Crippen LogP contribution in [0.3, 0.4) is 0 Å². The van der Waals surface area contributed by atoms with Gasteiger partial charge < -0.3 is 21.7 Å². The smallest absolute Gasteiger partial charge is 0.315 e. The molecule has 0 saturated carbocycles. The van der Waals surface area contributed by atoms with E-state index in [0.29, 0.717) is 16.7 Å². The van der Waals surface area contributed by atoms with Crippen LogP contribution in [0, 0.1) is 23.7 Å². The van der Waals surface area contributed by atoms with Gasteiger partial charge in [-0.25, -0.2) is 19.1 Å². The molecular formula is C25H23F2N5O5. The van der Waals surface area contributed by atoms with Crippen molar-refractivity contribution < 1.29 is 33.2 Å². The van der Waals surface area contributed by atoms with Crippen molar-refractivity contribution in [2.45, 2.75) is 24.9 Å². The first-order valence-electron chi connectivity index (χ1n) is 10.6. The number of nitrogens with two attached hydrogens (primary N) is 1. The number of carbonyl (C=O) groups excluding carboxylic acids is 4. The van der Waals surface area contributed by atoms with Crippen molar-refractivity contribution in [3.8, 4) is 23.7 Å². The predicted octanol–water partition coefficient (Wildman–Crippen LogP) is 0.745. The van der Waals surface area contributed by atoms with Gasteiger partial charge in [0.05, 0.1) is 0 Å². The van der Waals surface area contributed by atoms with Gasteiger partial charge in [0.2, 0.25) is 5.91 Å². The van der Waals surface area contributed by atoms with Crippen LogP contribution in [-0.4, -0.2) is 54.0 Å². The summed E-state index contributed by atoms with van der Waals surface area (Å²) in [5.74, 6) is 8.01. The van der Waals surface area contributed by atoms with E-state index in [-0.39, 0.29) is 5.56 Å². The number of alkyl halides is 2. The first-order chi connectivity index (χ1) is 17.5. The third-order valence-corrected chi connectivity index (χ3v) is 5.10. The average Bonchev–Trinajstić information content (AvgIpc) is 2.89. The van der Waals surface area contributed by atoms with E-state index in [0.717, 1.165) is 6.92 Å². The molecule has 5 amide bonds. The number of nitrogens with one attached hydrogen (secondary N) is 4. The van der Waals surface area contributed by atoms with E-state index in [2.05, 4.69) is 34.3 Å². The summed E-state index contributed by atoms with van der Waals surface area (Å²) in [7, 11) is 1.18. The minimum atomic E-state index is -3.30. The van der Waals surface area contributed by atoms with Crippen molar-refractivity contribution in [1.82, 2.24) is 21.4 Å². The van der Waals surface area contributed by atoms with Crippen LogP contribution in [0.4, 0.5) is 13.6 Å². The molecule has 2 aromatic carbocycles. The van der Waals surface area contributed by atoms with Crippen molar-refractivity contribution in [3.05, 3.63) is 70.8 Å². The summed E-state index contributed by atoms with van der Waals surface area (Å²) < 4.78 is 27.7. The Hall–Kier alpha value is -4.94. The molecule has 0 fully saturated rings. The monoisotopic (exact) mass is 511 g/mol. The maximum absolute atomic E-state index is 13.8. The molecule has 7 N–H and O–H groups in total. The molecule has 37 heavy (non-hydrogen) atoms. The van der Waals surface area contributed by atoms with E-state index in [9.17, 15) is 28.0 Å². The van der Waals surface area contributed by atoms with Gasteiger partial charge in [0.25, 0.3) is 18.2 Å². The first-order valence-corrected chi connectivity index (χ1v) is 10.6. The van der Waals surface area contributed by atoms with Gasteiger partial charge in [-0.2, -0.15) is 0 Å². The quantitative estimate of drug-likeness (QED) is 0.183. The van der Waals surface area contributed by atoms with Gasteiger partial charge in [0.15, 0.2) is 0 Å². The highest BCUT2D eigenvalue weighted by atomic mass is 19.3. The van der Waals surface area contributed by atoms with Crippen molar-refractivity contribution >= 4 is 23.8 Å². The number of carbonyl (C=O) groups is 4. The van der Waals surface area contributed by atoms with E-state index >= 15 is 0 Å². The second-order valence-electron chi connectivity index (χ2n) is 7.69. The number of benzene rings is 2. The fraction of sp³-hybridized carbons (Fsp3) is 0.200. The van der Waals surface area contributed by atoms with Gasteiger partial charge in [0.1, 0.15) is 11.6 Å². The number of hydrogen-bond acceptors (Lipinski definition) is 5. The molecule has 192 valence electrons. The van der Waals surface area contributed by atoms with Crippen molar-refractivity contribution in [2.24, 2.45) is 5.73 Å². The van der Waals surface area contributed by atoms with Crippen molar-refractivity contribution in [2.75, 3.05) is 7.05 Å². The van der Waals surface area contributed by atoms with Crippen LogP contribution in [0.1, 0.15) is 38.8 Å². The van der Waals surface area contributed by atoms with Crippen LogP contribution >= 0.6 is 0 Å². The second-order valence-corrected chi connectivity index (χ2v) is 7.69. The highest BCUT2D eigenvalue weighted by Crippen LogP contribution is 2.21. The number of halogens is 2. The van der Waals surface area contributed by atoms with Crippen LogP contribution in [0.25, 0.3) is 0 Å². The standard InChI is InChI=1S/C25H23F2N5O5/c1-25(23(26)27,31-24(36)29-2)19(22(35)32-37)30-21(34)18-13-9-16(10-14-18)6-4-3-5-15-7-11-17(12-8-15)20(28)33/h7-14,19,23,37H,1-2H3,(H2,28,33)(H,30,34)(H,32,35)(H2,29,31,36). The Bertz CT molecular complexity index is 1290. The van der Waals surface area contributed by atoms with Crippen LogP contribution in [0.5, 0.6) is 0 Å². The molecule has 0 spiro atoms. The van der Waals surface area contributed by atoms with E-state index in [1.165, 1.54) is 48.9 Å². The number of hydrogen-bond donors (Lipinski definition) is 6. The average molecular weight is 511 g/mol. The zero-order valence-corrected chi connectivity index (χ0v) is 19.7. The van der Waals surface area contributed by atoms with Crippen LogP contribution in [0.15, 0.2) is 48.5 Å². The molecule has 10 nitrogen and oxygen atoms in total. The summed E-state index contributed by atoms with van der Waals surface area (Å²) in [5, 5.41) is 15.1. The van der Waals surface area contributed by atoms with Gasteiger partial charge in [-0.15, -0.1) is 0 Å². The summed E-state index contributed by atoms with van der Waals surface area (Å²) in [5.41, 5.74) is 5.29. The van der Waals surface area contributed by atoms with Gasteiger partial charge in [-0.3, -0.25) is 19.6 Å². The summed E-state index contributed by atoms with van der Waals surface area (Å²) in [6.45, 7) is 0.846. The lowest BCUT2D eigenvalue weighted by Gasteiger charge is -2.36. The molecular weight excluding hydrogens is 488 g/mol. The molecule has 2 rings (SSSR count). The Labute approximate surface area is 210 Å². The Morgan fingerprint density at radius 1 is 0.919 bits per heavy atom. The lowest BCUT2D eigenvalue weighted by Crippen LogP contribution is -2.69. The highest BCUT2D eigenvalue weighted by molar-refractivity contribution is 5.98. The summed E-state index contributed by atoms with van der Waals surface area (Å²) in [6, 6.07) is 8.89. The zero-order chi connectivity index (χ0) is 27.6. The molecule has 0 saturated heterocycles. The maximum Gasteiger partial charge on any atom is 0.315 e. The number of urea groups is 1. The van der Waals surface area contributed by atoms with Gasteiger partial charge in [-0.1, -0.05) is 11.8 Å². The Kier molecular flexibility index (Phi) is 9.69. The number of hydroxylamine groups is 1. The highest BCUT2D eigenvalue weighted by Gasteiger charge is 2.48. The third-order valence-electron chi connectivity index (χ3n) is 5.10. The maximum atomic E-state index is 13.8. The molecule has 0 aliphatic heterocycles. The second kappa shape index (κ2) is 12.7. The molecule has 0 radical (unpaired) electrons. The zero-order valence-electron chi connectivity index (χ0n) is 19.7. The molecule has 2 aromatic rings. The van der Waals surface area contributed by atoms with Crippen LogP contribution in [0.2, 0.25) is 0 Å². The van der Waals surface area contributed by atoms with Crippen molar-refractivity contribution in [3.63, 3.8) is 0 Å². The lowest BCUT2D eigenvalue weighted by molar-refractivity contribution is -0.135. The van der Waals surface area contributed by atoms with Crippen LogP contribution < -0.4 is 27.2 Å². The lowest BCUT2D eigenvalue weighted by atomic mass is 9.91. The largest absolute Gasteiger partial charge is 0.366 e. The van der Waals surface area contributed by atoms with Gasteiger partial charge >= 0.3 is 6.03 Å². The number of amides is 5. The number of primary amides is 1. The molecule has 0 heterocycles. The minimum Gasteiger partial charge on any atom is -0.366 e.